The van der Waals surface area contributed by atoms with Crippen LogP contribution in [0.2, 0.25) is 0 Å². The number of anilines is 3. The van der Waals surface area contributed by atoms with E-state index in [1.807, 2.05) is 30.0 Å². The van der Waals surface area contributed by atoms with Crippen molar-refractivity contribution in [2.45, 2.75) is 107 Å². The molecule has 11 rings (SSSR count). The summed E-state index contributed by atoms with van der Waals surface area (Å²) in [5, 5.41) is 14.6. The van der Waals surface area contributed by atoms with E-state index in [0.717, 1.165) is 81.9 Å². The quantitative estimate of drug-likeness (QED) is 0.0610. The number of methoxy groups -OCH3 is 1. The number of amides is 1. The molecule has 3 aromatic heterocycles. The highest BCUT2D eigenvalue weighted by Crippen LogP contribution is 2.54. The van der Waals surface area contributed by atoms with Crippen LogP contribution in [0.5, 0.6) is 17.2 Å². The van der Waals surface area contributed by atoms with Crippen molar-refractivity contribution in [1.29, 1.82) is 0 Å². The Morgan fingerprint density at radius 1 is 0.974 bits per heavy atom. The third kappa shape index (κ3) is 10.6. The van der Waals surface area contributed by atoms with Gasteiger partial charge in [-0.15, -0.1) is 11.3 Å². The highest BCUT2D eigenvalue weighted by molar-refractivity contribution is 7.90. The number of hydrogen-bond donors (Lipinski definition) is 5. The number of piperidine rings is 1. The molecule has 18 heteroatoms. The number of halogens is 1. The molecule has 76 heavy (non-hydrogen) atoms. The van der Waals surface area contributed by atoms with Gasteiger partial charge in [0.1, 0.15) is 39.1 Å². The zero-order valence-electron chi connectivity index (χ0n) is 43.6. The number of piperazine rings is 1. The number of pyridine rings is 1. The number of fused-ring (bicyclic) bond motifs is 2. The third-order valence-electron chi connectivity index (χ3n) is 16.8. The molecule has 0 radical (unpaired) electrons. The summed E-state index contributed by atoms with van der Waals surface area (Å²) in [4.78, 5) is 33.3. The molecule has 4 aromatic carbocycles. The molecule has 0 unspecified atom stereocenters. The molecule has 4 fully saturated rings. The Labute approximate surface area is 448 Å². The topological polar surface area (TPSA) is 191 Å². The summed E-state index contributed by atoms with van der Waals surface area (Å²) in [6.45, 7) is 12.0. The van der Waals surface area contributed by atoms with Crippen molar-refractivity contribution in [3.63, 3.8) is 0 Å². The average Bonchev–Trinajstić information content (AvgIpc) is 4.12. The lowest BCUT2D eigenvalue weighted by molar-refractivity contribution is -0.0628. The Balaban J connectivity index is 0.804. The first-order valence-electron chi connectivity index (χ1n) is 26.6. The molecule has 6 N–H and O–H groups in total. The van der Waals surface area contributed by atoms with E-state index in [1.165, 1.54) is 51.9 Å². The summed E-state index contributed by atoms with van der Waals surface area (Å²) in [6.07, 6.45) is 10.2. The van der Waals surface area contributed by atoms with Gasteiger partial charge in [-0.25, -0.2) is 27.5 Å². The normalized spacial score (nSPS) is 21.5. The van der Waals surface area contributed by atoms with Crippen LogP contribution < -0.4 is 30.1 Å². The second-order valence-electron chi connectivity index (χ2n) is 22.3. The molecule has 5 heterocycles. The van der Waals surface area contributed by atoms with Crippen LogP contribution >= 0.6 is 11.3 Å². The minimum atomic E-state index is -4.62. The summed E-state index contributed by atoms with van der Waals surface area (Å²) in [5.74, 6) is 0.0761. The van der Waals surface area contributed by atoms with Crippen molar-refractivity contribution in [2.24, 2.45) is 11.3 Å². The number of sulfonamides is 1. The Bertz CT molecular complexity index is 3360. The Kier molecular flexibility index (Phi) is 14.2. The fourth-order valence-electron chi connectivity index (χ4n) is 12.4. The van der Waals surface area contributed by atoms with Gasteiger partial charge in [0.25, 0.3) is 15.9 Å². The molecule has 1 atom stereocenters. The van der Waals surface area contributed by atoms with Crippen LogP contribution in [0.4, 0.5) is 21.5 Å². The fraction of sp³-hybridized carbons (Fsp3) is 0.431. The van der Waals surface area contributed by atoms with Gasteiger partial charge in [0.2, 0.25) is 0 Å². The Morgan fingerprint density at radius 2 is 1.74 bits per heavy atom. The maximum Gasteiger partial charge on any atom is 0.268 e. The number of nitrogens with zero attached hydrogens (tertiary/aromatic N) is 5. The molecule has 1 amide bonds. The Hall–Kier alpha value is -6.31. The maximum atomic E-state index is 16.7. The van der Waals surface area contributed by atoms with Crippen LogP contribution in [0.25, 0.3) is 21.3 Å². The van der Waals surface area contributed by atoms with E-state index in [4.69, 9.17) is 15.2 Å². The van der Waals surface area contributed by atoms with Crippen LogP contribution in [0.15, 0.2) is 102 Å². The number of nitrogen functional groups attached to an aromatic ring is 1. The molecule has 2 aliphatic carbocycles. The highest BCUT2D eigenvalue weighted by atomic mass is 32.2. The van der Waals surface area contributed by atoms with E-state index in [-0.39, 0.29) is 50.3 Å². The van der Waals surface area contributed by atoms with Gasteiger partial charge in [0.05, 0.1) is 51.7 Å². The molecule has 1 spiro atoms. The predicted octanol–water partition coefficient (Wildman–Crippen LogP) is 10.6. The number of thiazole rings is 1. The van der Waals surface area contributed by atoms with Crippen LogP contribution in [0.3, 0.4) is 0 Å². The number of hydrogen-bond acceptors (Lipinski definition) is 14. The van der Waals surface area contributed by atoms with Gasteiger partial charge in [-0.2, -0.15) is 0 Å². The predicted molar refractivity (Wildman–Crippen MR) is 297 cm³/mol. The minimum absolute atomic E-state index is 0.0225. The smallest absolute Gasteiger partial charge is 0.268 e. The molecule has 7 aromatic rings. The van der Waals surface area contributed by atoms with E-state index >= 15 is 4.39 Å². The number of nitrogens with one attached hydrogen (secondary N) is 3. The third-order valence-corrected chi connectivity index (χ3v) is 19.0. The number of H-pyrrole nitrogens is 1. The van der Waals surface area contributed by atoms with Crippen LogP contribution in [0.1, 0.15) is 111 Å². The summed E-state index contributed by atoms with van der Waals surface area (Å²) in [5.41, 5.74) is 13.1. The lowest BCUT2D eigenvalue weighted by Gasteiger charge is -2.58. The fourth-order valence-corrected chi connectivity index (χ4v) is 14.4. The molecule has 4 aliphatic rings. The molecule has 2 aliphatic heterocycles. The van der Waals surface area contributed by atoms with Crippen molar-refractivity contribution in [1.82, 2.24) is 29.5 Å². The largest absolute Gasteiger partial charge is 0.497 e. The first-order chi connectivity index (χ1) is 36.5. The molecule has 15 nitrogen and oxygen atoms in total. The van der Waals surface area contributed by atoms with Crippen LogP contribution in [0, 0.1) is 17.2 Å². The van der Waals surface area contributed by atoms with Crippen molar-refractivity contribution >= 4 is 65.6 Å². The minimum Gasteiger partial charge on any atom is -0.497 e. The van der Waals surface area contributed by atoms with Gasteiger partial charge in [-0.05, 0) is 129 Å². The zero-order chi connectivity index (χ0) is 52.9. The van der Waals surface area contributed by atoms with E-state index in [0.29, 0.717) is 66.4 Å². The molecular weight excluding hydrogens is 1000 g/mol. The summed E-state index contributed by atoms with van der Waals surface area (Å²) < 4.78 is 59.8. The van der Waals surface area contributed by atoms with E-state index in [2.05, 4.69) is 85.0 Å². The number of carbonyl (C=O) groups is 1. The second-order valence-corrected chi connectivity index (χ2v) is 24.8. The maximum absolute atomic E-state index is 16.7. The van der Waals surface area contributed by atoms with E-state index < -0.39 is 27.3 Å². The Morgan fingerprint density at radius 3 is 2.49 bits per heavy atom. The summed E-state index contributed by atoms with van der Waals surface area (Å²) in [7, 11) is -2.92. The number of aliphatic hydroxyl groups is 1. The van der Waals surface area contributed by atoms with Crippen LogP contribution in [-0.4, -0.2) is 102 Å². The number of benzene rings is 4. The van der Waals surface area contributed by atoms with Gasteiger partial charge in [0.15, 0.2) is 0 Å². The number of nitrogens with two attached hydrogens (primary N) is 1. The molecular formula is C58H68FN9O6S2. The first-order valence-corrected chi connectivity index (χ1v) is 29.0. The van der Waals surface area contributed by atoms with Gasteiger partial charge in [-0.3, -0.25) is 14.6 Å². The lowest BCUT2D eigenvalue weighted by Crippen LogP contribution is -2.60. The lowest BCUT2D eigenvalue weighted by atomic mass is 9.59. The van der Waals surface area contributed by atoms with Gasteiger partial charge >= 0.3 is 0 Å². The summed E-state index contributed by atoms with van der Waals surface area (Å²) >= 11 is 1.23. The first kappa shape index (κ1) is 51.8. The van der Waals surface area contributed by atoms with Crippen LogP contribution in [-0.2, 0) is 16.6 Å². The highest BCUT2D eigenvalue weighted by Gasteiger charge is 2.50. The van der Waals surface area contributed by atoms with Crippen molar-refractivity contribution in [3.05, 3.63) is 125 Å². The average molecular weight is 1070 g/mol. The van der Waals surface area contributed by atoms with Crippen molar-refractivity contribution in [3.8, 4) is 17.2 Å². The van der Waals surface area contributed by atoms with E-state index in [9.17, 15) is 18.3 Å². The molecule has 400 valence electrons. The summed E-state index contributed by atoms with van der Waals surface area (Å²) in [6, 6.07) is 25.5. The molecule has 2 saturated carbocycles. The van der Waals surface area contributed by atoms with Crippen molar-refractivity contribution in [2.75, 3.05) is 62.3 Å². The number of carbonyl (C=O) groups excluding carboxylic acids is 1. The van der Waals surface area contributed by atoms with E-state index in [1.54, 1.807) is 19.4 Å². The monoisotopic (exact) mass is 1070 g/mol. The SMILES string of the molecule is COc1ccc(CN2CCN(C3CC4(CCN(c5cc(Oc6cnc7[nH]ccc7c6)c(C(=O)NS(=O)(=O)c6cc(N)c(NCC7CCC(C)(O)CC7)c7scnc67)cc5F)CC4)C3)[C@H](c3ccccc3C(C)C)C2)cc1. The number of ether oxygens (including phenoxy) is 2. The van der Waals surface area contributed by atoms with Gasteiger partial charge < -0.3 is 35.5 Å². The number of rotatable bonds is 15. The number of aromatic amines is 1. The van der Waals surface area contributed by atoms with Gasteiger partial charge in [-0.1, -0.05) is 50.2 Å². The molecule has 0 bridgehead atoms. The van der Waals surface area contributed by atoms with Gasteiger partial charge in [0, 0.05) is 75.5 Å². The molecule has 2 saturated heterocycles. The zero-order valence-corrected chi connectivity index (χ0v) is 45.3. The number of aromatic nitrogens is 3. The standard InChI is InChI=1S/C58H68FN9O6S2/c1-36(2)43-7-5-6-8-44(43)49-34-66(33-38-9-11-41(73-4)12-10-38)23-24-68(49)40-29-58(30-40)18-21-67(22-19-58)48-28-50(74-42-25-39-15-20-61-55(39)63-32-42)45(26-46(48)59)56(69)65-76(71,72)51-27-47(60)52(54-53(51)64-35-75-54)62-31-37-13-16-57(3,70)17-14-37/h5-12,15,20,25-28,32,35-37,40,49,62,70H,13-14,16-19,21-24,29-31,33-34,60H2,1-4H3,(H,61,63)(H,65,69)/t37?,49-,57?/m0/s1. The second kappa shape index (κ2) is 20.9. The van der Waals surface area contributed by atoms with Crippen molar-refractivity contribution < 1.29 is 32.2 Å².